The van der Waals surface area contributed by atoms with Gasteiger partial charge in [0.1, 0.15) is 5.75 Å². The Morgan fingerprint density at radius 3 is 2.48 bits per heavy atom. The second kappa shape index (κ2) is 5.38. The van der Waals surface area contributed by atoms with Gasteiger partial charge in [-0.3, -0.25) is 9.36 Å². The summed E-state index contributed by atoms with van der Waals surface area (Å²) in [6, 6.07) is 5.74. The number of aromatic nitrogens is 2. The molecule has 0 fully saturated rings. The molecule has 0 spiro atoms. The summed E-state index contributed by atoms with van der Waals surface area (Å²) in [5, 5.41) is 0.288. The molecule has 7 nitrogen and oxygen atoms in total. The average Bonchev–Trinajstić information content (AvgIpc) is 2.40. The van der Waals surface area contributed by atoms with E-state index in [1.807, 2.05) is 0 Å². The Hall–Kier alpha value is -2.06. The molecule has 0 amide bonds. The molecule has 9 heteroatoms. The zero-order chi connectivity index (χ0) is 15.8. The lowest BCUT2D eigenvalue weighted by atomic mass is 10.3. The largest absolute Gasteiger partial charge is 0.379 e. The number of aryl methyl sites for hydroxylation is 1. The third-order valence-electron chi connectivity index (χ3n) is 2.69. The number of halogens is 1. The first kappa shape index (κ1) is 15.3. The van der Waals surface area contributed by atoms with Crippen molar-refractivity contribution in [1.29, 1.82) is 0 Å². The number of hydrogen-bond acceptors (Lipinski definition) is 5. The summed E-state index contributed by atoms with van der Waals surface area (Å²) in [4.78, 5) is 22.8. The monoisotopic (exact) mass is 330 g/mol. The van der Waals surface area contributed by atoms with Crippen LogP contribution in [0.1, 0.15) is 0 Å². The van der Waals surface area contributed by atoms with Gasteiger partial charge in [0, 0.05) is 31.4 Å². The molecule has 2 rings (SSSR count). The molecule has 1 heterocycles. The average molecular weight is 331 g/mol. The van der Waals surface area contributed by atoms with Crippen molar-refractivity contribution in [3.05, 3.63) is 56.3 Å². The molecule has 0 saturated heterocycles. The highest BCUT2D eigenvalue weighted by Gasteiger charge is 2.23. The predicted octanol–water partition coefficient (Wildman–Crippen LogP) is 0.505. The molecular weight excluding hydrogens is 320 g/mol. The molecule has 0 aliphatic heterocycles. The molecule has 21 heavy (non-hydrogen) atoms. The van der Waals surface area contributed by atoms with Crippen LogP contribution in [-0.4, -0.2) is 17.6 Å². The van der Waals surface area contributed by atoms with Crippen LogP contribution >= 0.6 is 11.6 Å². The van der Waals surface area contributed by atoms with E-state index in [-0.39, 0.29) is 10.8 Å². The minimum absolute atomic E-state index is 0.0293. The maximum atomic E-state index is 12.2. The van der Waals surface area contributed by atoms with Gasteiger partial charge in [-0.1, -0.05) is 17.7 Å². The summed E-state index contributed by atoms with van der Waals surface area (Å²) < 4.78 is 30.8. The number of nitrogens with zero attached hydrogens (tertiary/aromatic N) is 2. The molecular formula is C12H11ClN2O5S. The van der Waals surface area contributed by atoms with Crippen LogP contribution in [0.25, 0.3) is 0 Å². The van der Waals surface area contributed by atoms with Crippen LogP contribution in [-0.2, 0) is 24.2 Å². The van der Waals surface area contributed by atoms with Gasteiger partial charge < -0.3 is 8.75 Å². The predicted molar refractivity (Wildman–Crippen MR) is 76.2 cm³/mol. The lowest BCUT2D eigenvalue weighted by Crippen LogP contribution is -2.39. The van der Waals surface area contributed by atoms with Gasteiger partial charge in [-0.25, -0.2) is 4.79 Å². The molecule has 2 aromatic rings. The third-order valence-corrected chi connectivity index (χ3v) is 4.15. The van der Waals surface area contributed by atoms with Gasteiger partial charge in [-0.15, -0.1) is 0 Å². The Labute approximate surface area is 125 Å². The first-order valence-corrected chi connectivity index (χ1v) is 7.48. The quantitative estimate of drug-likeness (QED) is 0.765. The van der Waals surface area contributed by atoms with Gasteiger partial charge in [0.05, 0.1) is 0 Å². The summed E-state index contributed by atoms with van der Waals surface area (Å²) in [5.74, 6) is -0.0293. The molecule has 0 radical (unpaired) electrons. The van der Waals surface area contributed by atoms with Crippen molar-refractivity contribution in [3.8, 4) is 5.75 Å². The van der Waals surface area contributed by atoms with Crippen molar-refractivity contribution in [1.82, 2.24) is 9.13 Å². The Morgan fingerprint density at radius 1 is 1.19 bits per heavy atom. The zero-order valence-electron chi connectivity index (χ0n) is 11.1. The van der Waals surface area contributed by atoms with Crippen LogP contribution in [0.5, 0.6) is 5.75 Å². The Bertz CT molecular complexity index is 914. The molecule has 0 aliphatic carbocycles. The summed E-state index contributed by atoms with van der Waals surface area (Å²) >= 11 is 5.74. The van der Waals surface area contributed by atoms with Crippen LogP contribution in [0.15, 0.2) is 44.9 Å². The molecule has 0 aliphatic rings. The van der Waals surface area contributed by atoms with Gasteiger partial charge in [-0.2, -0.15) is 8.42 Å². The van der Waals surface area contributed by atoms with Crippen molar-refractivity contribution < 1.29 is 12.6 Å². The Kier molecular flexibility index (Phi) is 3.93. The molecule has 0 unspecified atom stereocenters. The minimum Gasteiger partial charge on any atom is -0.379 e. The lowest BCUT2D eigenvalue weighted by molar-refractivity contribution is 0.480. The van der Waals surface area contributed by atoms with E-state index >= 15 is 0 Å². The van der Waals surface area contributed by atoms with E-state index in [1.54, 1.807) is 6.07 Å². The summed E-state index contributed by atoms with van der Waals surface area (Å²) in [6.07, 6.45) is 0.921. The maximum absolute atomic E-state index is 12.2. The number of benzene rings is 1. The van der Waals surface area contributed by atoms with Gasteiger partial charge in [0.15, 0.2) is 4.90 Å². The molecule has 1 aromatic heterocycles. The van der Waals surface area contributed by atoms with Crippen molar-refractivity contribution in [2.45, 2.75) is 4.90 Å². The molecule has 0 bridgehead atoms. The minimum atomic E-state index is -4.37. The standard InChI is InChI=1S/C12H11ClN2O5S/c1-14-7-10(11(16)15(2)12(14)17)21(18,19)20-9-5-3-4-8(13)6-9/h3-7H,1-2H3. The fourth-order valence-corrected chi connectivity index (χ4v) is 2.90. The highest BCUT2D eigenvalue weighted by molar-refractivity contribution is 7.87. The van der Waals surface area contributed by atoms with Crippen LogP contribution in [0.2, 0.25) is 5.02 Å². The normalized spacial score (nSPS) is 11.4. The number of rotatable bonds is 3. The highest BCUT2D eigenvalue weighted by atomic mass is 35.5. The first-order chi connectivity index (χ1) is 9.72. The topological polar surface area (TPSA) is 87.4 Å². The smallest absolute Gasteiger partial charge is 0.346 e. The van der Waals surface area contributed by atoms with Crippen molar-refractivity contribution in [2.75, 3.05) is 0 Å². The van der Waals surface area contributed by atoms with Crippen LogP contribution in [0.4, 0.5) is 0 Å². The SMILES string of the molecule is Cn1cc(S(=O)(=O)Oc2cccc(Cl)c2)c(=O)n(C)c1=O. The second-order valence-electron chi connectivity index (χ2n) is 4.25. The van der Waals surface area contributed by atoms with Crippen LogP contribution in [0.3, 0.4) is 0 Å². The van der Waals surface area contributed by atoms with E-state index < -0.39 is 26.3 Å². The Balaban J connectivity index is 2.56. The molecule has 0 atom stereocenters. The summed E-state index contributed by atoms with van der Waals surface area (Å²) in [5.41, 5.74) is -1.60. The van der Waals surface area contributed by atoms with Crippen molar-refractivity contribution >= 4 is 21.7 Å². The molecule has 0 N–H and O–H groups in total. The zero-order valence-corrected chi connectivity index (χ0v) is 12.7. The first-order valence-electron chi connectivity index (χ1n) is 5.69. The van der Waals surface area contributed by atoms with E-state index in [9.17, 15) is 18.0 Å². The van der Waals surface area contributed by atoms with Crippen LogP contribution < -0.4 is 15.4 Å². The Morgan fingerprint density at radius 2 is 1.86 bits per heavy atom. The second-order valence-corrected chi connectivity index (χ2v) is 6.20. The summed E-state index contributed by atoms with van der Waals surface area (Å²) in [6.45, 7) is 0. The van der Waals surface area contributed by atoms with Gasteiger partial charge in [-0.05, 0) is 12.1 Å². The lowest BCUT2D eigenvalue weighted by Gasteiger charge is -2.09. The van der Waals surface area contributed by atoms with Crippen LogP contribution in [0, 0.1) is 0 Å². The highest BCUT2D eigenvalue weighted by Crippen LogP contribution is 2.20. The van der Waals surface area contributed by atoms with E-state index in [0.717, 1.165) is 10.8 Å². The van der Waals surface area contributed by atoms with E-state index in [0.29, 0.717) is 4.57 Å². The van der Waals surface area contributed by atoms with Crippen molar-refractivity contribution in [2.24, 2.45) is 14.1 Å². The fourth-order valence-electron chi connectivity index (χ4n) is 1.64. The van der Waals surface area contributed by atoms with Gasteiger partial charge in [0.2, 0.25) is 0 Å². The molecule has 0 saturated carbocycles. The van der Waals surface area contributed by atoms with E-state index in [1.165, 1.54) is 32.3 Å². The van der Waals surface area contributed by atoms with E-state index in [2.05, 4.69) is 0 Å². The van der Waals surface area contributed by atoms with Gasteiger partial charge in [0.25, 0.3) is 5.56 Å². The molecule has 1 aromatic carbocycles. The number of hydrogen-bond donors (Lipinski definition) is 0. The van der Waals surface area contributed by atoms with Crippen molar-refractivity contribution in [3.63, 3.8) is 0 Å². The van der Waals surface area contributed by atoms with Gasteiger partial charge >= 0.3 is 15.8 Å². The fraction of sp³-hybridized carbons (Fsp3) is 0.167. The molecule has 112 valence electrons. The van der Waals surface area contributed by atoms with E-state index in [4.69, 9.17) is 15.8 Å². The maximum Gasteiger partial charge on any atom is 0.346 e. The third kappa shape index (κ3) is 3.01. The summed E-state index contributed by atoms with van der Waals surface area (Å²) in [7, 11) is -1.86.